The summed E-state index contributed by atoms with van der Waals surface area (Å²) in [5, 5.41) is 10.8. The van der Waals surface area contributed by atoms with Crippen LogP contribution in [0.4, 0.5) is 4.79 Å². The zero-order valence-electron chi connectivity index (χ0n) is 15.7. The second-order valence-electron chi connectivity index (χ2n) is 6.90. The van der Waals surface area contributed by atoms with Gasteiger partial charge in [-0.3, -0.25) is 4.79 Å². The van der Waals surface area contributed by atoms with E-state index in [1.54, 1.807) is 6.92 Å². The van der Waals surface area contributed by atoms with E-state index >= 15 is 0 Å². The van der Waals surface area contributed by atoms with E-state index in [9.17, 15) is 19.5 Å². The Hall–Kier alpha value is -1.89. The largest absolute Gasteiger partial charge is 0.464 e. The van der Waals surface area contributed by atoms with Gasteiger partial charge >= 0.3 is 12.1 Å². The first kappa shape index (κ1) is 21.2. The first-order chi connectivity index (χ1) is 11.6. The van der Waals surface area contributed by atoms with Gasteiger partial charge in [0.25, 0.3) is 0 Å². The van der Waals surface area contributed by atoms with Crippen molar-refractivity contribution in [3.8, 4) is 0 Å². The number of cyclic esters (lactones) is 1. The zero-order valence-corrected chi connectivity index (χ0v) is 15.7. The van der Waals surface area contributed by atoms with Crippen LogP contribution < -0.4 is 0 Å². The second-order valence-corrected chi connectivity index (χ2v) is 6.90. The molecule has 1 fully saturated rings. The molecule has 0 saturated carbocycles. The maximum atomic E-state index is 12.6. The molecule has 0 aromatic heterocycles. The van der Waals surface area contributed by atoms with Gasteiger partial charge in [-0.2, -0.15) is 0 Å². The monoisotopic (exact) mass is 355 g/mol. The summed E-state index contributed by atoms with van der Waals surface area (Å²) in [6, 6.07) is -0.399. The van der Waals surface area contributed by atoms with Crippen molar-refractivity contribution >= 4 is 18.0 Å². The van der Waals surface area contributed by atoms with Gasteiger partial charge in [0.1, 0.15) is 6.61 Å². The highest BCUT2D eigenvalue weighted by Gasteiger charge is 2.45. The van der Waals surface area contributed by atoms with Crippen LogP contribution >= 0.6 is 0 Å². The standard InChI is InChI=1S/C18H29NO6/c1-6-24-16(21)18(23,9-7-8-12(2)3)10-15(20)19-14(13(4)5)11-25-17(19)22/h8,13-14,23H,6-7,9-11H2,1-5H3/t14-,18?/m0/s1. The van der Waals surface area contributed by atoms with Crippen molar-refractivity contribution in [2.75, 3.05) is 13.2 Å². The minimum atomic E-state index is -1.97. The molecule has 25 heavy (non-hydrogen) atoms. The number of imide groups is 1. The van der Waals surface area contributed by atoms with E-state index in [0.29, 0.717) is 6.42 Å². The third-order valence-electron chi connectivity index (χ3n) is 4.15. The second kappa shape index (κ2) is 8.99. The molecule has 0 radical (unpaired) electrons. The molecular formula is C18H29NO6. The molecule has 1 aliphatic rings. The van der Waals surface area contributed by atoms with Crippen LogP contribution in [0.1, 0.15) is 53.9 Å². The van der Waals surface area contributed by atoms with Gasteiger partial charge in [0.05, 0.1) is 19.1 Å². The summed E-state index contributed by atoms with van der Waals surface area (Å²) in [5.74, 6) is -1.47. The number of nitrogens with zero attached hydrogens (tertiary/aromatic N) is 1. The summed E-state index contributed by atoms with van der Waals surface area (Å²) < 4.78 is 9.89. The molecule has 1 heterocycles. The van der Waals surface area contributed by atoms with Crippen molar-refractivity contribution in [2.45, 2.75) is 65.5 Å². The van der Waals surface area contributed by atoms with Crippen LogP contribution in [0, 0.1) is 5.92 Å². The van der Waals surface area contributed by atoms with Crippen LogP contribution in [0.15, 0.2) is 11.6 Å². The first-order valence-corrected chi connectivity index (χ1v) is 8.64. The highest BCUT2D eigenvalue weighted by molar-refractivity contribution is 5.96. The van der Waals surface area contributed by atoms with E-state index in [2.05, 4.69) is 0 Å². The minimum Gasteiger partial charge on any atom is -0.464 e. The van der Waals surface area contributed by atoms with Gasteiger partial charge in [-0.05, 0) is 39.5 Å². The smallest absolute Gasteiger partial charge is 0.416 e. The van der Waals surface area contributed by atoms with Gasteiger partial charge in [-0.15, -0.1) is 0 Å². The number of ether oxygens (including phenoxy) is 2. The Morgan fingerprint density at radius 2 is 2.08 bits per heavy atom. The van der Waals surface area contributed by atoms with Gasteiger partial charge in [0.15, 0.2) is 5.60 Å². The Bertz CT molecular complexity index is 538. The molecule has 0 aromatic rings. The lowest BCUT2D eigenvalue weighted by molar-refractivity contribution is -0.169. The van der Waals surface area contributed by atoms with Gasteiger partial charge in [0, 0.05) is 0 Å². The van der Waals surface area contributed by atoms with Crippen LogP contribution in [0.2, 0.25) is 0 Å². The van der Waals surface area contributed by atoms with E-state index in [1.807, 2.05) is 33.8 Å². The number of carbonyl (C=O) groups is 3. The molecule has 7 heteroatoms. The molecule has 1 saturated heterocycles. The van der Waals surface area contributed by atoms with Crippen molar-refractivity contribution in [3.63, 3.8) is 0 Å². The predicted octanol–water partition coefficient (Wildman–Crippen LogP) is 2.42. The number of allylic oxidation sites excluding steroid dienone is 2. The fourth-order valence-corrected chi connectivity index (χ4v) is 2.68. The first-order valence-electron chi connectivity index (χ1n) is 8.64. The van der Waals surface area contributed by atoms with Gasteiger partial charge in [-0.1, -0.05) is 25.5 Å². The Morgan fingerprint density at radius 1 is 1.44 bits per heavy atom. The number of hydrogen-bond donors (Lipinski definition) is 1. The van der Waals surface area contributed by atoms with Crippen LogP contribution in [-0.4, -0.2) is 52.8 Å². The molecule has 1 aliphatic heterocycles. The molecule has 2 amide bonds. The summed E-state index contributed by atoms with van der Waals surface area (Å²) in [6.07, 6.45) is 1.08. The molecule has 7 nitrogen and oxygen atoms in total. The zero-order chi connectivity index (χ0) is 19.2. The van der Waals surface area contributed by atoms with Gasteiger partial charge in [0.2, 0.25) is 5.91 Å². The lowest BCUT2D eigenvalue weighted by atomic mass is 9.92. The predicted molar refractivity (Wildman–Crippen MR) is 91.7 cm³/mol. The van der Waals surface area contributed by atoms with E-state index in [-0.39, 0.29) is 25.6 Å². The number of rotatable bonds is 8. The number of esters is 1. The molecule has 1 unspecified atom stereocenters. The molecule has 142 valence electrons. The highest BCUT2D eigenvalue weighted by Crippen LogP contribution is 2.26. The topological polar surface area (TPSA) is 93.1 Å². The maximum Gasteiger partial charge on any atom is 0.416 e. The summed E-state index contributed by atoms with van der Waals surface area (Å²) in [7, 11) is 0. The summed E-state index contributed by atoms with van der Waals surface area (Å²) in [5.41, 5.74) is -0.927. The molecular weight excluding hydrogens is 326 g/mol. The van der Waals surface area contributed by atoms with Crippen molar-refractivity contribution in [1.29, 1.82) is 0 Å². The van der Waals surface area contributed by atoms with E-state index in [4.69, 9.17) is 9.47 Å². The van der Waals surface area contributed by atoms with Crippen LogP contribution in [0.3, 0.4) is 0 Å². The van der Waals surface area contributed by atoms with Crippen molar-refractivity contribution < 1.29 is 29.0 Å². The van der Waals surface area contributed by atoms with E-state index in [0.717, 1.165) is 10.5 Å². The third-order valence-corrected chi connectivity index (χ3v) is 4.15. The molecule has 0 spiro atoms. The summed E-state index contributed by atoms with van der Waals surface area (Å²) in [4.78, 5) is 37.7. The van der Waals surface area contributed by atoms with Crippen LogP contribution in [0.25, 0.3) is 0 Å². The normalized spacial score (nSPS) is 19.4. The van der Waals surface area contributed by atoms with Gasteiger partial charge < -0.3 is 14.6 Å². The Kier molecular flexibility index (Phi) is 7.60. The average molecular weight is 355 g/mol. The van der Waals surface area contributed by atoms with E-state index in [1.165, 1.54) is 0 Å². The Morgan fingerprint density at radius 3 is 2.60 bits per heavy atom. The molecule has 1 rings (SSSR count). The minimum absolute atomic E-state index is 0.0109. The highest BCUT2D eigenvalue weighted by atomic mass is 16.6. The Labute approximate surface area is 149 Å². The third kappa shape index (κ3) is 5.56. The number of carbonyl (C=O) groups excluding carboxylic acids is 3. The number of amides is 2. The number of aliphatic hydroxyl groups is 1. The lowest BCUT2D eigenvalue weighted by Gasteiger charge is -2.28. The fraction of sp³-hybridized carbons (Fsp3) is 0.722. The summed E-state index contributed by atoms with van der Waals surface area (Å²) >= 11 is 0. The SMILES string of the molecule is CCOC(=O)C(O)(CCC=C(C)C)CC(=O)N1C(=O)OC[C@H]1C(C)C. The van der Waals surface area contributed by atoms with Crippen LogP contribution in [-0.2, 0) is 19.1 Å². The van der Waals surface area contributed by atoms with Crippen molar-refractivity contribution in [3.05, 3.63) is 11.6 Å². The summed E-state index contributed by atoms with van der Waals surface area (Å²) in [6.45, 7) is 9.40. The van der Waals surface area contributed by atoms with E-state index < -0.39 is 36.0 Å². The van der Waals surface area contributed by atoms with Gasteiger partial charge in [-0.25, -0.2) is 14.5 Å². The molecule has 1 N–H and O–H groups in total. The quantitative estimate of drug-likeness (QED) is 0.531. The number of hydrogen-bond acceptors (Lipinski definition) is 6. The average Bonchev–Trinajstić information content (AvgIpc) is 2.89. The molecule has 0 aromatic carbocycles. The lowest BCUT2D eigenvalue weighted by Crippen LogP contribution is -2.49. The maximum absolute atomic E-state index is 12.6. The Balaban J connectivity index is 2.95. The van der Waals surface area contributed by atoms with Crippen molar-refractivity contribution in [1.82, 2.24) is 4.90 Å². The molecule has 0 aliphatic carbocycles. The molecule has 2 atom stereocenters. The molecule has 0 bridgehead atoms. The van der Waals surface area contributed by atoms with Crippen LogP contribution in [0.5, 0.6) is 0 Å². The fourth-order valence-electron chi connectivity index (χ4n) is 2.68. The van der Waals surface area contributed by atoms with Crippen molar-refractivity contribution in [2.24, 2.45) is 5.92 Å².